The smallest absolute Gasteiger partial charge is 0.307 e. The van der Waals surface area contributed by atoms with Gasteiger partial charge in [0, 0.05) is 5.41 Å². The van der Waals surface area contributed by atoms with Crippen molar-refractivity contribution < 1.29 is 24.5 Å². The molecule has 2 aliphatic carbocycles. The van der Waals surface area contributed by atoms with E-state index in [1.54, 1.807) is 7.11 Å². The molecule has 2 N–H and O–H groups in total. The number of carboxylic acids is 2. The molecule has 0 bridgehead atoms. The normalized spacial score (nSPS) is 33.3. The molecule has 1 aromatic rings. The lowest BCUT2D eigenvalue weighted by Gasteiger charge is -2.21. The molecule has 0 amide bonds. The first-order valence-electron chi connectivity index (χ1n) is 7.09. The highest BCUT2D eigenvalue weighted by Gasteiger charge is 2.75. The third-order valence-corrected chi connectivity index (χ3v) is 5.19. The van der Waals surface area contributed by atoms with E-state index in [1.807, 2.05) is 24.3 Å². The third kappa shape index (κ3) is 1.99. The van der Waals surface area contributed by atoms with Gasteiger partial charge in [-0.3, -0.25) is 9.59 Å². The predicted octanol–water partition coefficient (Wildman–Crippen LogP) is 2.05. The maximum atomic E-state index is 11.5. The van der Waals surface area contributed by atoms with Crippen LogP contribution in [0.15, 0.2) is 24.3 Å². The number of hydrogen-bond acceptors (Lipinski definition) is 3. The number of carbonyl (C=O) groups is 2. The van der Waals surface area contributed by atoms with Gasteiger partial charge in [0.05, 0.1) is 18.9 Å². The fourth-order valence-corrected chi connectivity index (χ4v) is 4.32. The van der Waals surface area contributed by atoms with Crippen LogP contribution in [-0.2, 0) is 16.0 Å². The maximum absolute atomic E-state index is 11.5. The van der Waals surface area contributed by atoms with Crippen LogP contribution in [0, 0.1) is 23.2 Å². The second-order valence-corrected chi connectivity index (χ2v) is 6.03. The molecule has 5 nitrogen and oxygen atoms in total. The lowest BCUT2D eigenvalue weighted by molar-refractivity contribution is -0.146. The van der Waals surface area contributed by atoms with E-state index in [-0.39, 0.29) is 5.92 Å². The van der Waals surface area contributed by atoms with E-state index in [2.05, 4.69) is 0 Å². The van der Waals surface area contributed by atoms with Crippen LogP contribution in [0.5, 0.6) is 5.75 Å². The van der Waals surface area contributed by atoms with Crippen molar-refractivity contribution in [1.82, 2.24) is 0 Å². The Morgan fingerprint density at radius 2 is 2.05 bits per heavy atom. The topological polar surface area (TPSA) is 83.8 Å². The second kappa shape index (κ2) is 4.76. The molecular weight excluding hydrogens is 272 g/mol. The zero-order valence-electron chi connectivity index (χ0n) is 11.8. The van der Waals surface area contributed by atoms with E-state index in [1.165, 1.54) is 0 Å². The van der Waals surface area contributed by atoms with Gasteiger partial charge in [0.15, 0.2) is 0 Å². The van der Waals surface area contributed by atoms with Gasteiger partial charge < -0.3 is 14.9 Å². The molecule has 2 fully saturated rings. The van der Waals surface area contributed by atoms with Crippen molar-refractivity contribution in [2.75, 3.05) is 7.11 Å². The molecule has 112 valence electrons. The van der Waals surface area contributed by atoms with Crippen LogP contribution in [-0.4, -0.2) is 29.3 Å². The Bertz CT molecular complexity index is 596. The molecule has 0 aromatic heterocycles. The van der Waals surface area contributed by atoms with Gasteiger partial charge >= 0.3 is 11.9 Å². The fourth-order valence-electron chi connectivity index (χ4n) is 4.32. The fraction of sp³-hybridized carbons (Fsp3) is 0.500. The van der Waals surface area contributed by atoms with Crippen molar-refractivity contribution in [1.29, 1.82) is 0 Å². The summed E-state index contributed by atoms with van der Waals surface area (Å²) in [5.74, 6) is -2.13. The number of benzene rings is 1. The van der Waals surface area contributed by atoms with Gasteiger partial charge in [0.2, 0.25) is 0 Å². The number of aliphatic carboxylic acids is 2. The minimum Gasteiger partial charge on any atom is -0.497 e. The molecule has 3 rings (SSSR count). The summed E-state index contributed by atoms with van der Waals surface area (Å²) in [6, 6.07) is 7.44. The summed E-state index contributed by atoms with van der Waals surface area (Å²) >= 11 is 0. The molecule has 2 saturated carbocycles. The average Bonchev–Trinajstić information content (AvgIpc) is 2.92. The van der Waals surface area contributed by atoms with E-state index < -0.39 is 29.2 Å². The second-order valence-electron chi connectivity index (χ2n) is 6.03. The largest absolute Gasteiger partial charge is 0.497 e. The lowest BCUT2D eigenvalue weighted by atomic mass is 9.82. The standard InChI is InChI=1S/C16H18O5/c1-21-10-4-2-3-9(7-10)8-16-11(13(16)15(19)20)5-6-12(16)14(17)18/h2-4,7,11-13H,5-6,8H2,1H3,(H,17,18)(H,19,20). The van der Waals surface area contributed by atoms with Gasteiger partial charge in [-0.2, -0.15) is 0 Å². The molecule has 2 aliphatic rings. The quantitative estimate of drug-likeness (QED) is 0.867. The Hall–Kier alpha value is -2.04. The average molecular weight is 290 g/mol. The van der Waals surface area contributed by atoms with Crippen LogP contribution in [0.2, 0.25) is 0 Å². The van der Waals surface area contributed by atoms with Crippen molar-refractivity contribution >= 4 is 11.9 Å². The summed E-state index contributed by atoms with van der Waals surface area (Å²) in [5, 5.41) is 18.8. The van der Waals surface area contributed by atoms with Gasteiger partial charge in [-0.15, -0.1) is 0 Å². The van der Waals surface area contributed by atoms with Gasteiger partial charge in [-0.05, 0) is 42.9 Å². The van der Waals surface area contributed by atoms with Crippen molar-refractivity contribution in [2.45, 2.75) is 19.3 Å². The number of rotatable bonds is 5. The number of ether oxygens (including phenoxy) is 1. The van der Waals surface area contributed by atoms with Crippen LogP contribution in [0.25, 0.3) is 0 Å². The molecule has 0 aliphatic heterocycles. The van der Waals surface area contributed by atoms with Crippen LogP contribution >= 0.6 is 0 Å². The van der Waals surface area contributed by atoms with E-state index >= 15 is 0 Å². The van der Waals surface area contributed by atoms with Crippen LogP contribution < -0.4 is 4.74 Å². The number of fused-ring (bicyclic) bond motifs is 1. The van der Waals surface area contributed by atoms with E-state index in [9.17, 15) is 19.8 Å². The molecular formula is C16H18O5. The highest BCUT2D eigenvalue weighted by molar-refractivity contribution is 5.81. The minimum absolute atomic E-state index is 0.0118. The Kier molecular flexibility index (Phi) is 3.15. The maximum Gasteiger partial charge on any atom is 0.307 e. The molecule has 0 radical (unpaired) electrons. The summed E-state index contributed by atoms with van der Waals surface area (Å²) in [6.45, 7) is 0. The highest BCUT2D eigenvalue weighted by Crippen LogP contribution is 2.72. The van der Waals surface area contributed by atoms with E-state index in [0.29, 0.717) is 25.0 Å². The van der Waals surface area contributed by atoms with Crippen LogP contribution in [0.1, 0.15) is 18.4 Å². The summed E-state index contributed by atoms with van der Waals surface area (Å²) in [7, 11) is 1.58. The molecule has 1 aromatic carbocycles. The van der Waals surface area contributed by atoms with Gasteiger partial charge in [0.1, 0.15) is 5.75 Å². The van der Waals surface area contributed by atoms with Crippen molar-refractivity contribution in [3.63, 3.8) is 0 Å². The van der Waals surface area contributed by atoms with Crippen LogP contribution in [0.4, 0.5) is 0 Å². The van der Waals surface area contributed by atoms with Gasteiger partial charge in [0.25, 0.3) is 0 Å². The highest BCUT2D eigenvalue weighted by atomic mass is 16.5. The number of carboxylic acid groups (broad SMARTS) is 2. The zero-order chi connectivity index (χ0) is 15.2. The Balaban J connectivity index is 1.92. The van der Waals surface area contributed by atoms with E-state index in [4.69, 9.17) is 4.74 Å². The summed E-state index contributed by atoms with van der Waals surface area (Å²) in [4.78, 5) is 23.0. The molecule has 0 saturated heterocycles. The first-order chi connectivity index (χ1) is 10.0. The summed E-state index contributed by atoms with van der Waals surface area (Å²) in [6.07, 6.45) is 1.76. The SMILES string of the molecule is COc1cccc(CC23C(C(=O)O)CCC2C3C(=O)O)c1. The number of methoxy groups -OCH3 is 1. The molecule has 0 spiro atoms. The molecule has 21 heavy (non-hydrogen) atoms. The molecule has 4 atom stereocenters. The molecule has 4 unspecified atom stereocenters. The predicted molar refractivity (Wildman–Crippen MR) is 74.1 cm³/mol. The summed E-state index contributed by atoms with van der Waals surface area (Å²) < 4.78 is 5.18. The first kappa shape index (κ1) is 13.9. The first-order valence-corrected chi connectivity index (χ1v) is 7.09. The molecule has 0 heterocycles. The van der Waals surface area contributed by atoms with E-state index in [0.717, 1.165) is 5.56 Å². The van der Waals surface area contributed by atoms with Crippen LogP contribution in [0.3, 0.4) is 0 Å². The zero-order valence-corrected chi connectivity index (χ0v) is 11.8. The minimum atomic E-state index is -0.871. The Morgan fingerprint density at radius 1 is 1.29 bits per heavy atom. The molecule has 5 heteroatoms. The Labute approximate surface area is 122 Å². The Morgan fingerprint density at radius 3 is 2.62 bits per heavy atom. The lowest BCUT2D eigenvalue weighted by Crippen LogP contribution is -2.28. The van der Waals surface area contributed by atoms with Gasteiger partial charge in [-0.1, -0.05) is 12.1 Å². The van der Waals surface area contributed by atoms with Crippen molar-refractivity contribution in [3.8, 4) is 5.75 Å². The monoisotopic (exact) mass is 290 g/mol. The van der Waals surface area contributed by atoms with Crippen molar-refractivity contribution in [2.24, 2.45) is 23.2 Å². The third-order valence-electron chi connectivity index (χ3n) is 5.19. The van der Waals surface area contributed by atoms with Gasteiger partial charge in [-0.25, -0.2) is 0 Å². The summed E-state index contributed by atoms with van der Waals surface area (Å²) in [5.41, 5.74) is 0.320. The number of hydrogen-bond donors (Lipinski definition) is 2. The van der Waals surface area contributed by atoms with Crippen molar-refractivity contribution in [3.05, 3.63) is 29.8 Å².